The molecule has 1 atom stereocenters. The summed E-state index contributed by atoms with van der Waals surface area (Å²) in [6.07, 6.45) is 2.02. The first kappa shape index (κ1) is 14.6. The Kier molecular flexibility index (Phi) is 3.61. The molecule has 2 aromatic rings. The summed E-state index contributed by atoms with van der Waals surface area (Å²) in [4.78, 5) is 2.15. The standard InChI is InChI=1S/C17H19FN4/c1-11-17(12(2)21(3)20-11)16-8-5-9-22(16)15-7-4-6-14(18)13(15)10-19/h4,6-7,16H,5,8-9H2,1-3H3/t16-/m1/s1. The Morgan fingerprint density at radius 3 is 2.77 bits per heavy atom. The first-order valence-electron chi connectivity index (χ1n) is 7.50. The van der Waals surface area contributed by atoms with E-state index in [1.807, 2.05) is 30.8 Å². The number of rotatable bonds is 2. The third-order valence-electron chi connectivity index (χ3n) is 4.56. The van der Waals surface area contributed by atoms with Gasteiger partial charge in [0, 0.05) is 24.8 Å². The lowest BCUT2D eigenvalue weighted by Gasteiger charge is -2.28. The topological polar surface area (TPSA) is 44.9 Å². The summed E-state index contributed by atoms with van der Waals surface area (Å²) in [5.74, 6) is -0.453. The fourth-order valence-corrected chi connectivity index (χ4v) is 3.49. The second-order valence-corrected chi connectivity index (χ2v) is 5.81. The third kappa shape index (κ3) is 2.16. The number of benzene rings is 1. The lowest BCUT2D eigenvalue weighted by atomic mass is 10.0. The minimum Gasteiger partial charge on any atom is -0.363 e. The van der Waals surface area contributed by atoms with Crippen LogP contribution < -0.4 is 4.90 Å². The summed E-state index contributed by atoms with van der Waals surface area (Å²) < 4.78 is 15.8. The second-order valence-electron chi connectivity index (χ2n) is 5.81. The number of nitriles is 1. The zero-order valence-corrected chi connectivity index (χ0v) is 13.1. The number of hydrogen-bond donors (Lipinski definition) is 0. The van der Waals surface area contributed by atoms with Crippen LogP contribution in [0, 0.1) is 31.0 Å². The van der Waals surface area contributed by atoms with E-state index in [0.29, 0.717) is 5.69 Å². The minimum atomic E-state index is -0.453. The molecule has 0 amide bonds. The molecule has 5 heteroatoms. The van der Waals surface area contributed by atoms with Crippen LogP contribution in [-0.2, 0) is 7.05 Å². The summed E-state index contributed by atoms with van der Waals surface area (Å²) in [5, 5.41) is 13.8. The predicted molar refractivity (Wildman–Crippen MR) is 83.1 cm³/mol. The van der Waals surface area contributed by atoms with Gasteiger partial charge in [-0.05, 0) is 38.8 Å². The quantitative estimate of drug-likeness (QED) is 0.853. The zero-order valence-electron chi connectivity index (χ0n) is 13.1. The molecule has 0 unspecified atom stereocenters. The highest BCUT2D eigenvalue weighted by molar-refractivity contribution is 5.62. The molecule has 0 spiro atoms. The second kappa shape index (κ2) is 5.45. The molecule has 114 valence electrons. The van der Waals surface area contributed by atoms with Crippen molar-refractivity contribution < 1.29 is 4.39 Å². The largest absolute Gasteiger partial charge is 0.363 e. The van der Waals surface area contributed by atoms with Crippen molar-refractivity contribution in [3.05, 3.63) is 46.5 Å². The normalized spacial score (nSPS) is 17.8. The van der Waals surface area contributed by atoms with Crippen molar-refractivity contribution >= 4 is 5.69 Å². The van der Waals surface area contributed by atoms with E-state index >= 15 is 0 Å². The minimum absolute atomic E-state index is 0.133. The molecule has 4 nitrogen and oxygen atoms in total. The van der Waals surface area contributed by atoms with Gasteiger partial charge in [0.25, 0.3) is 0 Å². The van der Waals surface area contributed by atoms with E-state index in [1.165, 1.54) is 11.6 Å². The fraction of sp³-hybridized carbons (Fsp3) is 0.412. The van der Waals surface area contributed by atoms with Gasteiger partial charge < -0.3 is 4.90 Å². The van der Waals surface area contributed by atoms with Gasteiger partial charge in [0.05, 0.1) is 17.4 Å². The number of aryl methyl sites for hydroxylation is 2. The van der Waals surface area contributed by atoms with Crippen LogP contribution in [0.25, 0.3) is 0 Å². The molecule has 0 aliphatic carbocycles. The highest BCUT2D eigenvalue weighted by Gasteiger charge is 2.32. The molecule has 0 radical (unpaired) electrons. The Labute approximate surface area is 129 Å². The van der Waals surface area contributed by atoms with Crippen molar-refractivity contribution in [3.63, 3.8) is 0 Å². The molecule has 1 fully saturated rings. The van der Waals surface area contributed by atoms with Gasteiger partial charge in [-0.2, -0.15) is 10.4 Å². The summed E-state index contributed by atoms with van der Waals surface area (Å²) in [5.41, 5.74) is 4.16. The van der Waals surface area contributed by atoms with Gasteiger partial charge in [0.15, 0.2) is 0 Å². The third-order valence-corrected chi connectivity index (χ3v) is 4.56. The molecule has 1 aliphatic heterocycles. The molecular weight excluding hydrogens is 279 g/mol. The van der Waals surface area contributed by atoms with Crippen LogP contribution >= 0.6 is 0 Å². The van der Waals surface area contributed by atoms with E-state index < -0.39 is 5.82 Å². The molecule has 0 bridgehead atoms. The van der Waals surface area contributed by atoms with E-state index in [9.17, 15) is 9.65 Å². The summed E-state index contributed by atoms with van der Waals surface area (Å²) in [6.45, 7) is 4.90. The van der Waals surface area contributed by atoms with Crippen molar-refractivity contribution in [1.29, 1.82) is 5.26 Å². The maximum atomic E-state index is 13.9. The Hall–Kier alpha value is -2.35. The Morgan fingerprint density at radius 1 is 1.36 bits per heavy atom. The molecule has 1 aromatic carbocycles. The summed E-state index contributed by atoms with van der Waals surface area (Å²) in [7, 11) is 1.94. The molecule has 1 saturated heterocycles. The smallest absolute Gasteiger partial charge is 0.143 e. The van der Waals surface area contributed by atoms with E-state index in [4.69, 9.17) is 0 Å². The van der Waals surface area contributed by atoms with Gasteiger partial charge in [0.1, 0.15) is 17.4 Å². The Bertz CT molecular complexity index is 757. The molecule has 0 N–H and O–H groups in total. The Balaban J connectivity index is 2.09. The average Bonchev–Trinajstić information content (AvgIpc) is 3.04. The van der Waals surface area contributed by atoms with Gasteiger partial charge in [0.2, 0.25) is 0 Å². The van der Waals surface area contributed by atoms with Crippen molar-refractivity contribution in [3.8, 4) is 6.07 Å². The number of anilines is 1. The summed E-state index contributed by atoms with van der Waals surface area (Å²) in [6, 6.07) is 7.01. The molecule has 22 heavy (non-hydrogen) atoms. The highest BCUT2D eigenvalue weighted by Crippen LogP contribution is 2.40. The van der Waals surface area contributed by atoms with Crippen LogP contribution in [0.5, 0.6) is 0 Å². The maximum absolute atomic E-state index is 13.9. The van der Waals surface area contributed by atoms with Crippen molar-refractivity contribution in [2.24, 2.45) is 7.05 Å². The van der Waals surface area contributed by atoms with Gasteiger partial charge in [-0.15, -0.1) is 0 Å². The van der Waals surface area contributed by atoms with E-state index in [2.05, 4.69) is 16.9 Å². The molecule has 1 aromatic heterocycles. The van der Waals surface area contributed by atoms with Crippen LogP contribution in [-0.4, -0.2) is 16.3 Å². The average molecular weight is 298 g/mol. The van der Waals surface area contributed by atoms with Gasteiger partial charge in [-0.1, -0.05) is 6.07 Å². The number of nitrogens with zero attached hydrogens (tertiary/aromatic N) is 4. The first-order valence-corrected chi connectivity index (χ1v) is 7.50. The lowest BCUT2D eigenvalue weighted by Crippen LogP contribution is -2.24. The fourth-order valence-electron chi connectivity index (χ4n) is 3.49. The monoisotopic (exact) mass is 298 g/mol. The Morgan fingerprint density at radius 2 is 2.14 bits per heavy atom. The van der Waals surface area contributed by atoms with E-state index in [1.54, 1.807) is 6.07 Å². The highest BCUT2D eigenvalue weighted by atomic mass is 19.1. The van der Waals surface area contributed by atoms with Gasteiger partial charge in [-0.25, -0.2) is 4.39 Å². The van der Waals surface area contributed by atoms with Crippen molar-refractivity contribution in [2.45, 2.75) is 32.7 Å². The molecular formula is C17H19FN4. The van der Waals surface area contributed by atoms with Crippen molar-refractivity contribution in [2.75, 3.05) is 11.4 Å². The van der Waals surface area contributed by atoms with E-state index in [0.717, 1.165) is 30.8 Å². The van der Waals surface area contributed by atoms with Crippen molar-refractivity contribution in [1.82, 2.24) is 9.78 Å². The summed E-state index contributed by atoms with van der Waals surface area (Å²) >= 11 is 0. The molecule has 3 rings (SSSR count). The van der Waals surface area contributed by atoms with Crippen LogP contribution in [0.15, 0.2) is 18.2 Å². The molecule has 2 heterocycles. The SMILES string of the molecule is Cc1nn(C)c(C)c1[C@H]1CCCN1c1cccc(F)c1C#N. The lowest BCUT2D eigenvalue weighted by molar-refractivity contribution is 0.621. The first-order chi connectivity index (χ1) is 10.5. The van der Waals surface area contributed by atoms with Gasteiger partial charge >= 0.3 is 0 Å². The van der Waals surface area contributed by atoms with Crippen LogP contribution in [0.4, 0.5) is 10.1 Å². The number of hydrogen-bond acceptors (Lipinski definition) is 3. The number of aromatic nitrogens is 2. The van der Waals surface area contributed by atoms with Gasteiger partial charge in [-0.3, -0.25) is 4.68 Å². The predicted octanol–water partition coefficient (Wildman–Crippen LogP) is 3.39. The van der Waals surface area contributed by atoms with Crippen LogP contribution in [0.2, 0.25) is 0 Å². The maximum Gasteiger partial charge on any atom is 0.143 e. The van der Waals surface area contributed by atoms with Crippen LogP contribution in [0.3, 0.4) is 0 Å². The van der Waals surface area contributed by atoms with Crippen LogP contribution in [0.1, 0.15) is 41.4 Å². The molecule has 1 aliphatic rings. The molecule has 0 saturated carbocycles. The number of halogens is 1. The van der Waals surface area contributed by atoms with E-state index in [-0.39, 0.29) is 11.6 Å². The zero-order chi connectivity index (χ0) is 15.9.